The van der Waals surface area contributed by atoms with Crippen molar-refractivity contribution in [2.24, 2.45) is 0 Å². The van der Waals surface area contributed by atoms with Gasteiger partial charge in [0, 0.05) is 5.56 Å². The van der Waals surface area contributed by atoms with Crippen molar-refractivity contribution in [1.29, 1.82) is 0 Å². The molecule has 144 valence electrons. The van der Waals surface area contributed by atoms with E-state index < -0.39 is 11.8 Å². The molecule has 2 amide bonds. The number of ether oxygens (including phenoxy) is 2. The van der Waals surface area contributed by atoms with Gasteiger partial charge in [-0.05, 0) is 49.2 Å². The largest absolute Gasteiger partial charge is 0.493 e. The van der Waals surface area contributed by atoms with Crippen molar-refractivity contribution >= 4 is 23.6 Å². The SMILES string of the molecule is C=CCc1cc(C=C2C(=O)NN(c3ccccc3)C2=O)cc(OC)c1OCC. The van der Waals surface area contributed by atoms with Crippen molar-refractivity contribution in [3.63, 3.8) is 0 Å². The zero-order valence-corrected chi connectivity index (χ0v) is 15.9. The van der Waals surface area contributed by atoms with E-state index in [9.17, 15) is 9.59 Å². The van der Waals surface area contributed by atoms with E-state index in [0.29, 0.717) is 35.8 Å². The van der Waals surface area contributed by atoms with Crippen LogP contribution >= 0.6 is 0 Å². The number of nitrogens with one attached hydrogen (secondary N) is 1. The molecule has 2 aromatic carbocycles. The molecule has 0 aromatic heterocycles. The van der Waals surface area contributed by atoms with Gasteiger partial charge in [0.1, 0.15) is 5.57 Å². The highest BCUT2D eigenvalue weighted by molar-refractivity contribution is 6.31. The minimum Gasteiger partial charge on any atom is -0.493 e. The first-order chi connectivity index (χ1) is 13.6. The lowest BCUT2D eigenvalue weighted by atomic mass is 10.0. The van der Waals surface area contributed by atoms with E-state index in [1.807, 2.05) is 19.1 Å². The molecule has 0 unspecified atom stereocenters. The summed E-state index contributed by atoms with van der Waals surface area (Å²) in [6.45, 7) is 6.17. The first kappa shape index (κ1) is 19.2. The topological polar surface area (TPSA) is 67.9 Å². The van der Waals surface area contributed by atoms with Crippen LogP contribution in [0.2, 0.25) is 0 Å². The summed E-state index contributed by atoms with van der Waals surface area (Å²) in [5, 5.41) is 1.24. The highest BCUT2D eigenvalue weighted by Crippen LogP contribution is 2.34. The Hall–Kier alpha value is -3.54. The molecular formula is C22H22N2O4. The Kier molecular flexibility index (Phi) is 5.79. The third-order valence-corrected chi connectivity index (χ3v) is 4.24. The Balaban J connectivity index is 2.00. The molecule has 0 spiro atoms. The number of carbonyl (C=O) groups excluding carboxylic acids is 2. The molecule has 3 rings (SSSR count). The number of carbonyl (C=O) groups is 2. The number of nitrogens with zero attached hydrogens (tertiary/aromatic N) is 1. The van der Waals surface area contributed by atoms with E-state index >= 15 is 0 Å². The van der Waals surface area contributed by atoms with Gasteiger partial charge in [-0.3, -0.25) is 15.0 Å². The number of para-hydroxylation sites is 1. The molecular weight excluding hydrogens is 356 g/mol. The Morgan fingerprint density at radius 1 is 1.18 bits per heavy atom. The van der Waals surface area contributed by atoms with Crippen molar-refractivity contribution in [3.05, 3.63) is 71.8 Å². The monoisotopic (exact) mass is 378 g/mol. The first-order valence-corrected chi connectivity index (χ1v) is 8.95. The number of allylic oxidation sites excluding steroid dienone is 1. The van der Waals surface area contributed by atoms with Gasteiger partial charge in [0.2, 0.25) is 0 Å². The zero-order valence-electron chi connectivity index (χ0n) is 15.9. The van der Waals surface area contributed by atoms with Gasteiger partial charge in [0.15, 0.2) is 11.5 Å². The number of hydrazine groups is 1. The summed E-state index contributed by atoms with van der Waals surface area (Å²) in [5.41, 5.74) is 4.79. The minimum absolute atomic E-state index is 0.0552. The maximum Gasteiger partial charge on any atom is 0.282 e. The molecule has 0 saturated carbocycles. The number of amides is 2. The standard InChI is InChI=1S/C22H22N2O4/c1-4-9-16-12-15(14-19(27-3)20(16)28-5-2)13-18-21(25)23-24(22(18)26)17-10-7-6-8-11-17/h4,6-8,10-14H,1,5,9H2,2-3H3,(H,23,25). The maximum absolute atomic E-state index is 12.8. The van der Waals surface area contributed by atoms with Crippen LogP contribution < -0.4 is 19.9 Å². The minimum atomic E-state index is -0.452. The third kappa shape index (κ3) is 3.76. The van der Waals surface area contributed by atoms with Crippen molar-refractivity contribution in [2.75, 3.05) is 18.7 Å². The molecule has 0 radical (unpaired) electrons. The molecule has 0 aliphatic carbocycles. The molecule has 0 atom stereocenters. The van der Waals surface area contributed by atoms with E-state index in [2.05, 4.69) is 12.0 Å². The molecule has 6 heteroatoms. The van der Waals surface area contributed by atoms with Gasteiger partial charge in [-0.2, -0.15) is 0 Å². The Morgan fingerprint density at radius 3 is 2.57 bits per heavy atom. The summed E-state index contributed by atoms with van der Waals surface area (Å²) in [5.74, 6) is 0.320. The fourth-order valence-electron chi connectivity index (χ4n) is 3.02. The van der Waals surface area contributed by atoms with Gasteiger partial charge in [-0.1, -0.05) is 24.3 Å². The lowest BCUT2D eigenvalue weighted by Crippen LogP contribution is -2.35. The molecule has 1 heterocycles. The highest BCUT2D eigenvalue weighted by Gasteiger charge is 2.34. The predicted molar refractivity (Wildman–Crippen MR) is 108 cm³/mol. The van der Waals surface area contributed by atoms with Crippen LogP contribution in [0.1, 0.15) is 18.1 Å². The van der Waals surface area contributed by atoms with Crippen LogP contribution in [0.25, 0.3) is 6.08 Å². The molecule has 0 bridgehead atoms. The molecule has 1 N–H and O–H groups in total. The lowest BCUT2D eigenvalue weighted by Gasteiger charge is -2.15. The molecule has 1 fully saturated rings. The molecule has 2 aromatic rings. The molecule has 1 aliphatic heterocycles. The normalized spacial score (nSPS) is 14.9. The zero-order chi connectivity index (χ0) is 20.1. The van der Waals surface area contributed by atoms with E-state index in [1.54, 1.807) is 49.6 Å². The van der Waals surface area contributed by atoms with Gasteiger partial charge >= 0.3 is 0 Å². The lowest BCUT2D eigenvalue weighted by molar-refractivity contribution is -0.117. The average Bonchev–Trinajstić information content (AvgIpc) is 2.99. The summed E-state index contributed by atoms with van der Waals surface area (Å²) in [6.07, 6.45) is 3.89. The van der Waals surface area contributed by atoms with Gasteiger partial charge < -0.3 is 9.47 Å². The van der Waals surface area contributed by atoms with Crippen LogP contribution in [0.3, 0.4) is 0 Å². The van der Waals surface area contributed by atoms with Gasteiger partial charge in [-0.15, -0.1) is 6.58 Å². The van der Waals surface area contributed by atoms with E-state index in [4.69, 9.17) is 9.47 Å². The Morgan fingerprint density at radius 2 is 1.93 bits per heavy atom. The fraction of sp³-hybridized carbons (Fsp3) is 0.182. The second-order valence-corrected chi connectivity index (χ2v) is 6.11. The number of anilines is 1. The van der Waals surface area contributed by atoms with Crippen molar-refractivity contribution in [1.82, 2.24) is 5.43 Å². The number of benzene rings is 2. The number of methoxy groups -OCH3 is 1. The summed E-state index contributed by atoms with van der Waals surface area (Å²) >= 11 is 0. The number of rotatable bonds is 7. The predicted octanol–water partition coefficient (Wildman–Crippen LogP) is 3.28. The third-order valence-electron chi connectivity index (χ3n) is 4.24. The van der Waals surface area contributed by atoms with Gasteiger partial charge in [-0.25, -0.2) is 5.01 Å². The van der Waals surface area contributed by atoms with Crippen molar-refractivity contribution < 1.29 is 19.1 Å². The quantitative estimate of drug-likeness (QED) is 0.456. The molecule has 6 nitrogen and oxygen atoms in total. The summed E-state index contributed by atoms with van der Waals surface area (Å²) in [7, 11) is 1.55. The molecule has 1 aliphatic rings. The van der Waals surface area contributed by atoms with Crippen LogP contribution in [-0.4, -0.2) is 25.5 Å². The second-order valence-electron chi connectivity index (χ2n) is 6.11. The summed E-state index contributed by atoms with van der Waals surface area (Å²) in [4.78, 5) is 25.2. The van der Waals surface area contributed by atoms with Crippen LogP contribution in [0.15, 0.2) is 60.7 Å². The van der Waals surface area contributed by atoms with Gasteiger partial charge in [0.05, 0.1) is 19.4 Å². The van der Waals surface area contributed by atoms with Crippen LogP contribution in [0.5, 0.6) is 11.5 Å². The fourth-order valence-corrected chi connectivity index (χ4v) is 3.02. The first-order valence-electron chi connectivity index (χ1n) is 8.95. The molecule has 1 saturated heterocycles. The van der Waals surface area contributed by atoms with Crippen LogP contribution in [0.4, 0.5) is 5.69 Å². The van der Waals surface area contributed by atoms with Gasteiger partial charge in [0.25, 0.3) is 11.8 Å². The number of hydrogen-bond acceptors (Lipinski definition) is 4. The smallest absolute Gasteiger partial charge is 0.282 e. The maximum atomic E-state index is 12.8. The Bertz CT molecular complexity index is 935. The van der Waals surface area contributed by atoms with Crippen molar-refractivity contribution in [2.45, 2.75) is 13.3 Å². The van der Waals surface area contributed by atoms with E-state index in [1.165, 1.54) is 5.01 Å². The summed E-state index contributed by atoms with van der Waals surface area (Å²) in [6, 6.07) is 12.6. The van der Waals surface area contributed by atoms with E-state index in [-0.39, 0.29) is 5.57 Å². The number of hydrogen-bond donors (Lipinski definition) is 1. The molecule has 28 heavy (non-hydrogen) atoms. The average molecular weight is 378 g/mol. The van der Waals surface area contributed by atoms with E-state index in [0.717, 1.165) is 5.56 Å². The summed E-state index contributed by atoms with van der Waals surface area (Å²) < 4.78 is 11.2. The highest BCUT2D eigenvalue weighted by atomic mass is 16.5. The Labute approximate surface area is 164 Å². The van der Waals surface area contributed by atoms with Crippen LogP contribution in [0, 0.1) is 0 Å². The van der Waals surface area contributed by atoms with Crippen LogP contribution in [-0.2, 0) is 16.0 Å². The van der Waals surface area contributed by atoms with Crippen molar-refractivity contribution in [3.8, 4) is 11.5 Å². The second kappa shape index (κ2) is 8.43.